The standard InChI is InChI=1S/C11H10ClFN4/c12-8-4-3-7(5-9(8)13)17-10(6-1-2-6)11(14)15-16-17/h3-6H,1-2,14H2. The predicted molar refractivity (Wildman–Crippen MR) is 62.7 cm³/mol. The monoisotopic (exact) mass is 252 g/mol. The number of nitrogen functional groups attached to an aromatic ring is 1. The van der Waals surface area contributed by atoms with Crippen LogP contribution in [-0.4, -0.2) is 15.0 Å². The molecule has 1 heterocycles. The Kier molecular flexibility index (Phi) is 2.29. The minimum Gasteiger partial charge on any atom is -0.381 e. The number of nitrogens with zero attached hydrogens (tertiary/aromatic N) is 3. The van der Waals surface area contributed by atoms with Gasteiger partial charge in [0.1, 0.15) is 5.82 Å². The van der Waals surface area contributed by atoms with Crippen molar-refractivity contribution < 1.29 is 4.39 Å². The molecule has 1 saturated carbocycles. The highest BCUT2D eigenvalue weighted by atomic mass is 35.5. The number of halogens is 2. The molecule has 0 bridgehead atoms. The van der Waals surface area contributed by atoms with Crippen molar-refractivity contribution in [3.05, 3.63) is 34.7 Å². The van der Waals surface area contributed by atoms with E-state index < -0.39 is 5.82 Å². The minimum absolute atomic E-state index is 0.0924. The highest BCUT2D eigenvalue weighted by Gasteiger charge is 2.31. The number of benzene rings is 1. The van der Waals surface area contributed by atoms with Gasteiger partial charge in [0, 0.05) is 12.0 Å². The molecular weight excluding hydrogens is 243 g/mol. The normalized spacial score (nSPS) is 15.2. The molecule has 2 aromatic rings. The first kappa shape index (κ1) is 10.5. The summed E-state index contributed by atoms with van der Waals surface area (Å²) >= 11 is 5.64. The van der Waals surface area contributed by atoms with Crippen molar-refractivity contribution in [3.63, 3.8) is 0 Å². The summed E-state index contributed by atoms with van der Waals surface area (Å²) in [6.07, 6.45) is 2.15. The molecule has 1 aromatic heterocycles. The zero-order chi connectivity index (χ0) is 12.0. The maximum Gasteiger partial charge on any atom is 0.169 e. The van der Waals surface area contributed by atoms with Crippen LogP contribution in [0.2, 0.25) is 5.02 Å². The van der Waals surface area contributed by atoms with Crippen LogP contribution in [0.3, 0.4) is 0 Å². The first-order valence-corrected chi connectivity index (χ1v) is 5.71. The number of hydrogen-bond acceptors (Lipinski definition) is 3. The van der Waals surface area contributed by atoms with Crippen molar-refractivity contribution >= 4 is 17.4 Å². The van der Waals surface area contributed by atoms with Gasteiger partial charge in [0.2, 0.25) is 0 Å². The molecule has 0 radical (unpaired) electrons. The summed E-state index contributed by atoms with van der Waals surface area (Å²) in [4.78, 5) is 0. The fraction of sp³-hybridized carbons (Fsp3) is 0.273. The van der Waals surface area contributed by atoms with E-state index in [1.54, 1.807) is 10.7 Å². The van der Waals surface area contributed by atoms with Gasteiger partial charge in [-0.1, -0.05) is 16.8 Å². The third-order valence-corrected chi connectivity index (χ3v) is 3.15. The average Bonchev–Trinajstić information content (AvgIpc) is 3.06. The lowest BCUT2D eigenvalue weighted by molar-refractivity contribution is 0.624. The van der Waals surface area contributed by atoms with Gasteiger partial charge >= 0.3 is 0 Å². The second-order valence-corrected chi connectivity index (χ2v) is 4.55. The summed E-state index contributed by atoms with van der Waals surface area (Å²) in [5.41, 5.74) is 7.24. The molecular formula is C11H10ClFN4. The van der Waals surface area contributed by atoms with E-state index in [2.05, 4.69) is 10.3 Å². The van der Waals surface area contributed by atoms with Crippen molar-refractivity contribution in [2.45, 2.75) is 18.8 Å². The van der Waals surface area contributed by atoms with Crippen LogP contribution in [0, 0.1) is 5.82 Å². The van der Waals surface area contributed by atoms with E-state index in [4.69, 9.17) is 17.3 Å². The highest BCUT2D eigenvalue weighted by Crippen LogP contribution is 2.42. The SMILES string of the molecule is Nc1nnn(-c2ccc(Cl)c(F)c2)c1C1CC1. The van der Waals surface area contributed by atoms with Gasteiger partial charge in [0.05, 0.1) is 16.4 Å². The molecule has 1 aromatic carbocycles. The van der Waals surface area contributed by atoms with Gasteiger partial charge in [-0.15, -0.1) is 5.10 Å². The van der Waals surface area contributed by atoms with Crippen LogP contribution in [0.4, 0.5) is 10.2 Å². The zero-order valence-electron chi connectivity index (χ0n) is 8.90. The van der Waals surface area contributed by atoms with E-state index >= 15 is 0 Å². The lowest BCUT2D eigenvalue weighted by Crippen LogP contribution is -2.03. The third-order valence-electron chi connectivity index (χ3n) is 2.84. The number of aromatic nitrogens is 3. The molecule has 0 atom stereocenters. The molecule has 88 valence electrons. The fourth-order valence-corrected chi connectivity index (χ4v) is 1.96. The number of anilines is 1. The Hall–Kier alpha value is -1.62. The van der Waals surface area contributed by atoms with E-state index in [0.717, 1.165) is 18.5 Å². The minimum atomic E-state index is -0.472. The molecule has 6 heteroatoms. The molecule has 4 nitrogen and oxygen atoms in total. The molecule has 2 N–H and O–H groups in total. The van der Waals surface area contributed by atoms with Crippen LogP contribution >= 0.6 is 11.6 Å². The quantitative estimate of drug-likeness (QED) is 0.894. The second-order valence-electron chi connectivity index (χ2n) is 4.14. The number of hydrogen-bond donors (Lipinski definition) is 1. The Labute approximate surface area is 102 Å². The summed E-state index contributed by atoms with van der Waals surface area (Å²) in [5.74, 6) is 0.339. The van der Waals surface area contributed by atoms with Crippen LogP contribution < -0.4 is 5.73 Å². The molecule has 3 rings (SSSR count). The van der Waals surface area contributed by atoms with Crippen LogP contribution in [0.5, 0.6) is 0 Å². The fourth-order valence-electron chi connectivity index (χ4n) is 1.85. The topological polar surface area (TPSA) is 56.7 Å². The second kappa shape index (κ2) is 3.70. The number of nitrogens with two attached hydrogens (primary N) is 1. The summed E-state index contributed by atoms with van der Waals surface area (Å²) in [6.45, 7) is 0. The van der Waals surface area contributed by atoms with Gasteiger partial charge < -0.3 is 5.73 Å². The van der Waals surface area contributed by atoms with Crippen LogP contribution in [0.1, 0.15) is 24.5 Å². The summed E-state index contributed by atoms with van der Waals surface area (Å²) in [6, 6.07) is 4.54. The Morgan fingerprint density at radius 2 is 2.18 bits per heavy atom. The molecule has 0 aliphatic heterocycles. The van der Waals surface area contributed by atoms with Crippen molar-refractivity contribution in [1.29, 1.82) is 0 Å². The first-order valence-electron chi connectivity index (χ1n) is 5.33. The van der Waals surface area contributed by atoms with Crippen LogP contribution in [0.15, 0.2) is 18.2 Å². The van der Waals surface area contributed by atoms with E-state index in [9.17, 15) is 4.39 Å². The van der Waals surface area contributed by atoms with Crippen molar-refractivity contribution in [1.82, 2.24) is 15.0 Å². The Morgan fingerprint density at radius 3 is 2.82 bits per heavy atom. The molecule has 0 saturated heterocycles. The van der Waals surface area contributed by atoms with Crippen molar-refractivity contribution in [2.24, 2.45) is 0 Å². The molecule has 1 aliphatic rings. The Bertz CT molecular complexity index is 577. The molecule has 1 aliphatic carbocycles. The Morgan fingerprint density at radius 1 is 1.41 bits per heavy atom. The van der Waals surface area contributed by atoms with E-state index in [-0.39, 0.29) is 5.02 Å². The highest BCUT2D eigenvalue weighted by molar-refractivity contribution is 6.30. The molecule has 0 amide bonds. The van der Waals surface area contributed by atoms with Crippen molar-refractivity contribution in [2.75, 3.05) is 5.73 Å². The maximum atomic E-state index is 13.4. The maximum absolute atomic E-state index is 13.4. The first-order chi connectivity index (χ1) is 8.16. The van der Waals surface area contributed by atoms with Crippen LogP contribution in [0.25, 0.3) is 5.69 Å². The van der Waals surface area contributed by atoms with E-state index in [1.807, 2.05) is 0 Å². The lowest BCUT2D eigenvalue weighted by Gasteiger charge is -2.06. The molecule has 0 unspecified atom stereocenters. The smallest absolute Gasteiger partial charge is 0.169 e. The lowest BCUT2D eigenvalue weighted by atomic mass is 10.2. The zero-order valence-corrected chi connectivity index (χ0v) is 9.65. The third kappa shape index (κ3) is 1.76. The predicted octanol–water partition coefficient (Wildman–Crippen LogP) is 2.52. The van der Waals surface area contributed by atoms with E-state index in [0.29, 0.717) is 17.4 Å². The molecule has 0 spiro atoms. The van der Waals surface area contributed by atoms with Gasteiger partial charge in [-0.2, -0.15) is 0 Å². The van der Waals surface area contributed by atoms with Gasteiger partial charge in [-0.05, 0) is 25.0 Å². The van der Waals surface area contributed by atoms with Crippen molar-refractivity contribution in [3.8, 4) is 5.69 Å². The van der Waals surface area contributed by atoms with E-state index in [1.165, 1.54) is 12.1 Å². The molecule has 17 heavy (non-hydrogen) atoms. The number of rotatable bonds is 2. The van der Waals surface area contributed by atoms with Gasteiger partial charge in [0.15, 0.2) is 5.82 Å². The van der Waals surface area contributed by atoms with Gasteiger partial charge in [-0.25, -0.2) is 9.07 Å². The van der Waals surface area contributed by atoms with Gasteiger partial charge in [-0.3, -0.25) is 0 Å². The van der Waals surface area contributed by atoms with Crippen LogP contribution in [-0.2, 0) is 0 Å². The largest absolute Gasteiger partial charge is 0.381 e. The van der Waals surface area contributed by atoms with Gasteiger partial charge in [0.25, 0.3) is 0 Å². The average molecular weight is 253 g/mol. The summed E-state index contributed by atoms with van der Waals surface area (Å²) in [7, 11) is 0. The Balaban J connectivity index is 2.11. The molecule has 1 fully saturated rings. The summed E-state index contributed by atoms with van der Waals surface area (Å²) < 4.78 is 15.0. The summed E-state index contributed by atoms with van der Waals surface area (Å²) in [5, 5.41) is 7.88.